The van der Waals surface area contributed by atoms with E-state index >= 15 is 0 Å². The summed E-state index contributed by atoms with van der Waals surface area (Å²) < 4.78 is 12.8. The lowest BCUT2D eigenvalue weighted by Crippen LogP contribution is -2.22. The summed E-state index contributed by atoms with van der Waals surface area (Å²) in [4.78, 5) is 5.98. The fourth-order valence-corrected chi connectivity index (χ4v) is 1.46. The fraction of sp³-hybridized carbons (Fsp3) is 0.545. The Morgan fingerprint density at radius 3 is 2.93 bits per heavy atom. The number of halogens is 1. The van der Waals surface area contributed by atoms with Crippen molar-refractivity contribution in [2.75, 3.05) is 27.2 Å². The Morgan fingerprint density at radius 2 is 2.27 bits per heavy atom. The Kier molecular flexibility index (Phi) is 5.21. The van der Waals surface area contributed by atoms with Gasteiger partial charge in [-0.15, -0.1) is 0 Å². The van der Waals surface area contributed by atoms with Crippen LogP contribution in [0.4, 0.5) is 4.39 Å². The van der Waals surface area contributed by atoms with Crippen LogP contribution < -0.4 is 5.32 Å². The molecule has 0 amide bonds. The predicted molar refractivity (Wildman–Crippen MR) is 59.1 cm³/mol. The quantitative estimate of drug-likeness (QED) is 0.718. The second-order valence-electron chi connectivity index (χ2n) is 3.71. The molecule has 0 aliphatic carbocycles. The van der Waals surface area contributed by atoms with Crippen molar-refractivity contribution in [3.63, 3.8) is 0 Å². The topological polar surface area (TPSA) is 28.2 Å². The third-order valence-corrected chi connectivity index (χ3v) is 2.18. The number of hydrogen-bond donors (Lipinski definition) is 1. The Morgan fingerprint density at radius 1 is 1.47 bits per heavy atom. The molecule has 0 spiro atoms. The molecular weight excluding hydrogens is 193 g/mol. The number of aromatic nitrogens is 1. The van der Waals surface area contributed by atoms with Crippen LogP contribution in [-0.4, -0.2) is 37.1 Å². The van der Waals surface area contributed by atoms with E-state index in [-0.39, 0.29) is 5.82 Å². The summed E-state index contributed by atoms with van der Waals surface area (Å²) in [5.74, 6) is -0.267. The standard InChI is InChI=1S/C11H18FN3/c1-13-4-3-5-15(2)9-10-6-11(12)8-14-7-10/h6-8,13H,3-5,9H2,1-2H3. The Hall–Kier alpha value is -1.00. The van der Waals surface area contributed by atoms with Gasteiger partial charge in [-0.25, -0.2) is 4.39 Å². The highest BCUT2D eigenvalue weighted by molar-refractivity contribution is 5.09. The summed E-state index contributed by atoms with van der Waals surface area (Å²) in [5.41, 5.74) is 0.918. The molecule has 0 unspecified atom stereocenters. The van der Waals surface area contributed by atoms with E-state index in [1.165, 1.54) is 12.3 Å². The lowest BCUT2D eigenvalue weighted by Gasteiger charge is -2.16. The van der Waals surface area contributed by atoms with Crippen LogP contribution in [-0.2, 0) is 6.54 Å². The lowest BCUT2D eigenvalue weighted by atomic mass is 10.2. The van der Waals surface area contributed by atoms with Crippen molar-refractivity contribution in [3.8, 4) is 0 Å². The number of nitrogens with one attached hydrogen (secondary N) is 1. The van der Waals surface area contributed by atoms with Crippen LogP contribution in [0.3, 0.4) is 0 Å². The minimum absolute atomic E-state index is 0.267. The van der Waals surface area contributed by atoms with Gasteiger partial charge in [-0.3, -0.25) is 4.98 Å². The predicted octanol–water partition coefficient (Wildman–Crippen LogP) is 1.26. The van der Waals surface area contributed by atoms with Gasteiger partial charge in [0.15, 0.2) is 0 Å². The third kappa shape index (κ3) is 4.85. The van der Waals surface area contributed by atoms with Gasteiger partial charge in [0.25, 0.3) is 0 Å². The smallest absolute Gasteiger partial charge is 0.141 e. The molecule has 1 rings (SSSR count). The summed E-state index contributed by atoms with van der Waals surface area (Å²) in [7, 11) is 3.97. The first kappa shape index (κ1) is 12.1. The zero-order valence-corrected chi connectivity index (χ0v) is 9.33. The third-order valence-electron chi connectivity index (χ3n) is 2.18. The van der Waals surface area contributed by atoms with Crippen LogP contribution in [0.15, 0.2) is 18.5 Å². The fourth-order valence-electron chi connectivity index (χ4n) is 1.46. The molecule has 0 bridgehead atoms. The first-order valence-electron chi connectivity index (χ1n) is 5.15. The first-order valence-corrected chi connectivity index (χ1v) is 5.15. The van der Waals surface area contributed by atoms with Crippen molar-refractivity contribution in [2.24, 2.45) is 0 Å². The molecule has 1 N–H and O–H groups in total. The van der Waals surface area contributed by atoms with Crippen LogP contribution >= 0.6 is 0 Å². The highest BCUT2D eigenvalue weighted by atomic mass is 19.1. The van der Waals surface area contributed by atoms with Gasteiger partial charge in [-0.05, 0) is 45.2 Å². The average molecular weight is 211 g/mol. The maximum atomic E-state index is 12.8. The number of pyridine rings is 1. The average Bonchev–Trinajstić information content (AvgIpc) is 2.18. The molecule has 4 heteroatoms. The van der Waals surface area contributed by atoms with Crippen LogP contribution in [0.25, 0.3) is 0 Å². The molecule has 1 heterocycles. The second-order valence-corrected chi connectivity index (χ2v) is 3.71. The van der Waals surface area contributed by atoms with Gasteiger partial charge in [-0.1, -0.05) is 0 Å². The first-order chi connectivity index (χ1) is 7.22. The molecule has 0 saturated carbocycles. The zero-order chi connectivity index (χ0) is 11.1. The van der Waals surface area contributed by atoms with E-state index in [4.69, 9.17) is 0 Å². The zero-order valence-electron chi connectivity index (χ0n) is 9.33. The Balaban J connectivity index is 2.34. The maximum Gasteiger partial charge on any atom is 0.141 e. The van der Waals surface area contributed by atoms with Gasteiger partial charge in [-0.2, -0.15) is 0 Å². The summed E-state index contributed by atoms with van der Waals surface area (Å²) in [6.45, 7) is 2.75. The molecule has 3 nitrogen and oxygen atoms in total. The Labute approximate surface area is 90.3 Å². The van der Waals surface area contributed by atoms with Gasteiger partial charge < -0.3 is 10.2 Å². The van der Waals surface area contributed by atoms with Crippen molar-refractivity contribution in [2.45, 2.75) is 13.0 Å². The minimum atomic E-state index is -0.267. The molecule has 1 aromatic heterocycles. The van der Waals surface area contributed by atoms with Gasteiger partial charge in [0.1, 0.15) is 5.82 Å². The van der Waals surface area contributed by atoms with Crippen LogP contribution in [0.2, 0.25) is 0 Å². The van der Waals surface area contributed by atoms with Crippen molar-refractivity contribution < 1.29 is 4.39 Å². The minimum Gasteiger partial charge on any atom is -0.320 e. The summed E-state index contributed by atoms with van der Waals surface area (Å²) in [5, 5.41) is 3.10. The molecule has 15 heavy (non-hydrogen) atoms. The van der Waals surface area contributed by atoms with Gasteiger partial charge >= 0.3 is 0 Å². The van der Waals surface area contributed by atoms with Crippen molar-refractivity contribution in [1.29, 1.82) is 0 Å². The normalized spacial score (nSPS) is 10.9. The van der Waals surface area contributed by atoms with E-state index in [9.17, 15) is 4.39 Å². The van der Waals surface area contributed by atoms with Crippen molar-refractivity contribution in [3.05, 3.63) is 29.8 Å². The van der Waals surface area contributed by atoms with E-state index in [1.54, 1.807) is 6.20 Å². The summed E-state index contributed by atoms with van der Waals surface area (Å²) in [6, 6.07) is 1.53. The largest absolute Gasteiger partial charge is 0.320 e. The molecule has 0 aromatic carbocycles. The van der Waals surface area contributed by atoms with Crippen LogP contribution in [0.5, 0.6) is 0 Å². The van der Waals surface area contributed by atoms with Gasteiger partial charge in [0.05, 0.1) is 6.20 Å². The highest BCUT2D eigenvalue weighted by Crippen LogP contribution is 2.04. The maximum absolute atomic E-state index is 12.8. The number of rotatable bonds is 6. The summed E-state index contributed by atoms with van der Waals surface area (Å²) in [6.07, 6.45) is 4.03. The van der Waals surface area contributed by atoms with Gasteiger partial charge in [0.2, 0.25) is 0 Å². The molecule has 0 atom stereocenters. The van der Waals surface area contributed by atoms with E-state index in [0.717, 1.165) is 31.6 Å². The molecule has 84 valence electrons. The van der Waals surface area contributed by atoms with E-state index in [1.807, 2.05) is 14.1 Å². The highest BCUT2D eigenvalue weighted by Gasteiger charge is 2.01. The lowest BCUT2D eigenvalue weighted by molar-refractivity contribution is 0.320. The SMILES string of the molecule is CNCCCN(C)Cc1cncc(F)c1. The molecule has 1 aromatic rings. The van der Waals surface area contributed by atoms with E-state index < -0.39 is 0 Å². The molecule has 0 aliphatic heterocycles. The van der Waals surface area contributed by atoms with Gasteiger partial charge in [0, 0.05) is 12.7 Å². The summed E-state index contributed by atoms with van der Waals surface area (Å²) >= 11 is 0. The molecule has 0 radical (unpaired) electrons. The molecule has 0 aliphatic rings. The van der Waals surface area contributed by atoms with Crippen LogP contribution in [0.1, 0.15) is 12.0 Å². The number of nitrogens with zero attached hydrogens (tertiary/aromatic N) is 2. The van der Waals surface area contributed by atoms with E-state index in [0.29, 0.717) is 0 Å². The molecular formula is C11H18FN3. The number of hydrogen-bond acceptors (Lipinski definition) is 3. The second kappa shape index (κ2) is 6.48. The molecule has 0 saturated heterocycles. The van der Waals surface area contributed by atoms with Crippen molar-refractivity contribution in [1.82, 2.24) is 15.2 Å². The van der Waals surface area contributed by atoms with E-state index in [2.05, 4.69) is 15.2 Å². The van der Waals surface area contributed by atoms with Crippen molar-refractivity contribution >= 4 is 0 Å². The molecule has 0 fully saturated rings. The van der Waals surface area contributed by atoms with Crippen LogP contribution in [0, 0.1) is 5.82 Å². The Bertz CT molecular complexity index is 291. The monoisotopic (exact) mass is 211 g/mol.